The van der Waals surface area contributed by atoms with Gasteiger partial charge in [-0.3, -0.25) is 0 Å². The highest BCUT2D eigenvalue weighted by Gasteiger charge is 2.47. The Balaban J connectivity index is 1.28. The van der Waals surface area contributed by atoms with E-state index >= 15 is 0 Å². The van der Waals surface area contributed by atoms with Gasteiger partial charge in [0.1, 0.15) is 5.75 Å². The summed E-state index contributed by atoms with van der Waals surface area (Å²) in [6.07, 6.45) is 11.4. The number of nitrogens with zero attached hydrogens (tertiary/aromatic N) is 2. The molecule has 5 aromatic carbocycles. The summed E-state index contributed by atoms with van der Waals surface area (Å²) in [5.74, 6) is 1.00. The average molecular weight is 737 g/mol. The van der Waals surface area contributed by atoms with E-state index in [1.165, 1.54) is 60.4 Å². The fraction of sp³-hybridized carbons (Fsp3) is 0.375. The molecule has 2 fully saturated rings. The minimum atomic E-state index is -0.824. The van der Waals surface area contributed by atoms with E-state index in [0.717, 1.165) is 95.2 Å². The van der Waals surface area contributed by atoms with Crippen molar-refractivity contribution in [3.8, 4) is 16.9 Å². The molecule has 0 unspecified atom stereocenters. The molecule has 4 aliphatic rings. The molecule has 9 rings (SSSR count). The number of benzene rings is 5. The van der Waals surface area contributed by atoms with Crippen LogP contribution in [0.3, 0.4) is 0 Å². The number of ether oxygens (including phenoxy) is 3. The summed E-state index contributed by atoms with van der Waals surface area (Å²) < 4.78 is 19.2. The molecule has 0 N–H and O–H groups in total. The van der Waals surface area contributed by atoms with Gasteiger partial charge in [0.25, 0.3) is 0 Å². The molecule has 0 saturated carbocycles. The Hall–Kier alpha value is -4.23. The van der Waals surface area contributed by atoms with Gasteiger partial charge in [0, 0.05) is 69.9 Å². The molecule has 3 heterocycles. The Labute approximate surface area is 325 Å². The molecule has 5 aromatic rings. The SMILES string of the molecule is CCCC1(CCC)c2ccccc2-c2c1c1c(c3cc(SC)c(C)cc23)OC(c2ccc(N3CCOCC3)cc2)(c2ccc(N3CCOCC3)cc2)C=C1. The lowest BCUT2D eigenvalue weighted by Gasteiger charge is -2.40. The number of aryl methyl sites for hydroxylation is 1. The molecule has 6 heteroatoms. The van der Waals surface area contributed by atoms with Gasteiger partial charge in [0.2, 0.25) is 0 Å². The zero-order valence-electron chi connectivity index (χ0n) is 32.3. The predicted octanol–water partition coefficient (Wildman–Crippen LogP) is 10.8. The van der Waals surface area contributed by atoms with Gasteiger partial charge < -0.3 is 24.0 Å². The molecule has 0 atom stereocenters. The first kappa shape index (κ1) is 35.5. The summed E-state index contributed by atoms with van der Waals surface area (Å²) in [5, 5.41) is 2.50. The van der Waals surface area contributed by atoms with Crippen LogP contribution in [0.2, 0.25) is 0 Å². The molecule has 0 radical (unpaired) electrons. The van der Waals surface area contributed by atoms with Crippen molar-refractivity contribution in [3.05, 3.63) is 124 Å². The van der Waals surface area contributed by atoms with Gasteiger partial charge in [-0.25, -0.2) is 0 Å². The highest BCUT2D eigenvalue weighted by molar-refractivity contribution is 7.98. The molecule has 0 aromatic heterocycles. The van der Waals surface area contributed by atoms with Crippen LogP contribution in [-0.2, 0) is 20.5 Å². The summed E-state index contributed by atoms with van der Waals surface area (Å²) in [4.78, 5) is 6.13. The van der Waals surface area contributed by atoms with E-state index in [9.17, 15) is 0 Å². The maximum atomic E-state index is 7.83. The van der Waals surface area contributed by atoms with Crippen LogP contribution >= 0.6 is 11.8 Å². The maximum Gasteiger partial charge on any atom is 0.178 e. The average Bonchev–Trinajstić information content (AvgIpc) is 3.51. The lowest BCUT2D eigenvalue weighted by Crippen LogP contribution is -2.37. The van der Waals surface area contributed by atoms with Crippen molar-refractivity contribution in [2.45, 2.75) is 62.4 Å². The van der Waals surface area contributed by atoms with Crippen LogP contribution in [0.15, 0.2) is 95.9 Å². The third kappa shape index (κ3) is 5.67. The van der Waals surface area contributed by atoms with Crippen LogP contribution in [0.1, 0.15) is 72.9 Å². The Morgan fingerprint density at radius 3 is 1.83 bits per heavy atom. The Kier molecular flexibility index (Phi) is 9.49. The quantitative estimate of drug-likeness (QED) is 0.140. The van der Waals surface area contributed by atoms with Gasteiger partial charge in [-0.15, -0.1) is 11.8 Å². The first-order valence-corrected chi connectivity index (χ1v) is 21.3. The molecule has 0 amide bonds. The van der Waals surface area contributed by atoms with Crippen molar-refractivity contribution in [2.75, 3.05) is 68.7 Å². The van der Waals surface area contributed by atoms with Crippen molar-refractivity contribution in [1.82, 2.24) is 0 Å². The van der Waals surface area contributed by atoms with E-state index in [1.807, 2.05) is 11.8 Å². The number of hydrogen-bond acceptors (Lipinski definition) is 6. The lowest BCUT2D eigenvalue weighted by atomic mass is 9.69. The summed E-state index contributed by atoms with van der Waals surface area (Å²) in [6, 6.07) is 32.4. The van der Waals surface area contributed by atoms with Gasteiger partial charge in [-0.05, 0) is 102 Å². The standard InChI is InChI=1S/C48H52N2O3S/c1-5-20-47(21-6-2)42-10-8-7-9-38(42)44-40-31-33(3)43(54-4)32-41(40)46-39(45(44)47)19-22-48(53-46,34-11-15-36(16-12-34)49-23-27-51-28-24-49)35-13-17-37(18-14-35)50-25-29-52-30-26-50/h7-19,22,31-32H,5-6,20-21,23-30H2,1-4H3. The number of rotatable bonds is 9. The van der Waals surface area contributed by atoms with Gasteiger partial charge in [0.05, 0.1) is 26.4 Å². The zero-order chi connectivity index (χ0) is 36.9. The topological polar surface area (TPSA) is 34.2 Å². The first-order chi connectivity index (χ1) is 26.5. The molecule has 5 nitrogen and oxygen atoms in total. The highest BCUT2D eigenvalue weighted by atomic mass is 32.2. The number of thioether (sulfide) groups is 1. The van der Waals surface area contributed by atoms with E-state index in [4.69, 9.17) is 14.2 Å². The molecule has 278 valence electrons. The van der Waals surface area contributed by atoms with Crippen LogP contribution in [0.4, 0.5) is 11.4 Å². The van der Waals surface area contributed by atoms with Crippen LogP contribution in [-0.4, -0.2) is 58.9 Å². The number of hydrogen-bond donors (Lipinski definition) is 0. The third-order valence-corrected chi connectivity index (χ3v) is 13.3. The van der Waals surface area contributed by atoms with Crippen molar-refractivity contribution in [1.29, 1.82) is 0 Å². The first-order valence-electron chi connectivity index (χ1n) is 20.0. The molecule has 3 aliphatic heterocycles. The summed E-state index contributed by atoms with van der Waals surface area (Å²) in [7, 11) is 0. The fourth-order valence-electron chi connectivity index (χ4n) is 9.98. The molecular formula is C48H52N2O3S. The van der Waals surface area contributed by atoms with Crippen LogP contribution in [0.5, 0.6) is 5.75 Å². The van der Waals surface area contributed by atoms with Gasteiger partial charge in [-0.1, -0.05) is 81.3 Å². The minimum Gasteiger partial charge on any atom is -0.472 e. The van der Waals surface area contributed by atoms with E-state index < -0.39 is 5.60 Å². The maximum absolute atomic E-state index is 7.83. The molecule has 54 heavy (non-hydrogen) atoms. The summed E-state index contributed by atoms with van der Waals surface area (Å²) >= 11 is 1.82. The van der Waals surface area contributed by atoms with Crippen molar-refractivity contribution in [3.63, 3.8) is 0 Å². The number of morpholine rings is 2. The Morgan fingerprint density at radius 1 is 0.704 bits per heavy atom. The van der Waals surface area contributed by atoms with E-state index in [1.54, 1.807) is 0 Å². The van der Waals surface area contributed by atoms with Crippen molar-refractivity contribution in [2.24, 2.45) is 0 Å². The fourth-order valence-corrected chi connectivity index (χ4v) is 10.6. The monoisotopic (exact) mass is 736 g/mol. The predicted molar refractivity (Wildman–Crippen MR) is 226 cm³/mol. The molecule has 0 bridgehead atoms. The van der Waals surface area contributed by atoms with E-state index in [-0.39, 0.29) is 5.41 Å². The summed E-state index contributed by atoms with van der Waals surface area (Å²) in [6.45, 7) is 13.6. The second kappa shape index (κ2) is 14.4. The smallest absolute Gasteiger partial charge is 0.178 e. The number of anilines is 2. The lowest BCUT2D eigenvalue weighted by molar-refractivity contribution is 0.122. The van der Waals surface area contributed by atoms with Gasteiger partial charge in [0.15, 0.2) is 5.60 Å². The highest BCUT2D eigenvalue weighted by Crippen LogP contribution is 2.61. The van der Waals surface area contributed by atoms with Crippen LogP contribution in [0, 0.1) is 6.92 Å². The molecule has 0 spiro atoms. The van der Waals surface area contributed by atoms with Crippen molar-refractivity contribution >= 4 is 40.0 Å². The van der Waals surface area contributed by atoms with Gasteiger partial charge >= 0.3 is 0 Å². The second-order valence-electron chi connectivity index (χ2n) is 15.5. The van der Waals surface area contributed by atoms with Crippen LogP contribution < -0.4 is 14.5 Å². The summed E-state index contributed by atoms with van der Waals surface area (Å²) in [5.41, 5.74) is 12.1. The molecular weight excluding hydrogens is 685 g/mol. The third-order valence-electron chi connectivity index (χ3n) is 12.4. The zero-order valence-corrected chi connectivity index (χ0v) is 33.1. The normalized spacial score (nSPS) is 18.3. The largest absolute Gasteiger partial charge is 0.472 e. The van der Waals surface area contributed by atoms with Crippen LogP contribution in [0.25, 0.3) is 28.0 Å². The Morgan fingerprint density at radius 2 is 1.28 bits per heavy atom. The van der Waals surface area contributed by atoms with Crippen molar-refractivity contribution < 1.29 is 14.2 Å². The van der Waals surface area contributed by atoms with Gasteiger partial charge in [-0.2, -0.15) is 0 Å². The Bertz CT molecular complexity index is 2130. The second-order valence-corrected chi connectivity index (χ2v) is 16.3. The molecule has 2 saturated heterocycles. The minimum absolute atomic E-state index is 0.0763. The van der Waals surface area contributed by atoms with E-state index in [0.29, 0.717) is 0 Å². The number of fused-ring (bicyclic) bond motifs is 8. The molecule has 1 aliphatic carbocycles. The van der Waals surface area contributed by atoms with E-state index in [2.05, 4.69) is 134 Å².